The van der Waals surface area contributed by atoms with E-state index in [0.717, 1.165) is 82.1 Å². The first-order chi connectivity index (χ1) is 34.0. The summed E-state index contributed by atoms with van der Waals surface area (Å²) >= 11 is 0. The summed E-state index contributed by atoms with van der Waals surface area (Å²) in [6.45, 7) is 5.03. The maximum atomic E-state index is 13.8. The first-order valence-corrected chi connectivity index (χ1v) is 26.1. The minimum absolute atomic E-state index is 0.0619. The summed E-state index contributed by atoms with van der Waals surface area (Å²) in [5.41, 5.74) is 13.7. The van der Waals surface area contributed by atoms with Crippen LogP contribution >= 0.6 is 0 Å². The van der Waals surface area contributed by atoms with Crippen LogP contribution in [0.3, 0.4) is 0 Å². The molecule has 2 aliphatic carbocycles. The number of carbonyl (C=O) groups excluding carboxylic acids is 2. The number of nitrogens with two attached hydrogens (primary N) is 1. The van der Waals surface area contributed by atoms with Gasteiger partial charge in [0.05, 0.1) is 26.2 Å². The number of aryl methyl sites for hydroxylation is 4. The van der Waals surface area contributed by atoms with Crippen LogP contribution in [-0.2, 0) is 41.7 Å². The van der Waals surface area contributed by atoms with Crippen LogP contribution in [0.25, 0.3) is 5.57 Å². The number of phenols is 1. The third kappa shape index (κ3) is 13.4. The van der Waals surface area contributed by atoms with Gasteiger partial charge in [0.1, 0.15) is 11.6 Å². The van der Waals surface area contributed by atoms with E-state index in [1.54, 1.807) is 18.3 Å². The highest BCUT2D eigenvalue weighted by molar-refractivity contribution is 6.07. The minimum Gasteiger partial charge on any atom is -0.504 e. The molecule has 3 fully saturated rings. The van der Waals surface area contributed by atoms with E-state index in [1.807, 2.05) is 19.1 Å². The van der Waals surface area contributed by atoms with Gasteiger partial charge in [-0.3, -0.25) is 9.59 Å². The average molecular weight is 952 g/mol. The quantitative estimate of drug-likeness (QED) is 0.0218. The second kappa shape index (κ2) is 24.3. The van der Waals surface area contributed by atoms with Crippen molar-refractivity contribution in [1.82, 2.24) is 20.9 Å². The molecule has 0 spiro atoms. The van der Waals surface area contributed by atoms with Gasteiger partial charge in [-0.1, -0.05) is 66.7 Å². The zero-order valence-corrected chi connectivity index (χ0v) is 41.5. The number of allylic oxidation sites excluding steroid dienone is 1. The summed E-state index contributed by atoms with van der Waals surface area (Å²) < 4.78 is 5.51. The number of nitrogen functional groups attached to an aromatic ring is 1. The molecule has 374 valence electrons. The van der Waals surface area contributed by atoms with Gasteiger partial charge in [-0.2, -0.15) is 0 Å². The van der Waals surface area contributed by atoms with Crippen molar-refractivity contribution in [2.45, 2.75) is 121 Å². The van der Waals surface area contributed by atoms with Crippen LogP contribution in [0.1, 0.15) is 110 Å². The number of nitrogens with zero attached hydrogens (tertiary/aromatic N) is 1. The van der Waals surface area contributed by atoms with E-state index in [1.165, 1.54) is 42.7 Å². The van der Waals surface area contributed by atoms with Crippen LogP contribution in [0.5, 0.6) is 11.5 Å². The lowest BCUT2D eigenvalue weighted by Crippen LogP contribution is -2.56. The maximum Gasteiger partial charge on any atom is 0.163 e. The number of aromatic hydroxyl groups is 1. The molecule has 1 saturated heterocycles. The number of ketones is 2. The number of methoxy groups -OCH3 is 1. The Kier molecular flexibility index (Phi) is 17.8. The molecule has 8 N–H and O–H groups in total. The molecule has 0 bridgehead atoms. The number of phenolic OH excluding ortho intramolecular Hbond substituents is 1. The number of rotatable bonds is 23. The third-order valence-electron chi connectivity index (χ3n) is 16.1. The van der Waals surface area contributed by atoms with Gasteiger partial charge in [0.2, 0.25) is 0 Å². The molecule has 2 saturated carbocycles. The van der Waals surface area contributed by atoms with Crippen molar-refractivity contribution in [3.63, 3.8) is 0 Å². The molecule has 0 amide bonds. The molecule has 0 radical (unpaired) electrons. The van der Waals surface area contributed by atoms with Crippen LogP contribution in [0.2, 0.25) is 0 Å². The molecule has 70 heavy (non-hydrogen) atoms. The first kappa shape index (κ1) is 51.2. The lowest BCUT2D eigenvalue weighted by molar-refractivity contribution is -0.124. The second-order valence-corrected chi connectivity index (χ2v) is 21.1. The number of aromatic nitrogens is 1. The summed E-state index contributed by atoms with van der Waals surface area (Å²) in [6.07, 6.45) is 19.7. The van der Waals surface area contributed by atoms with Crippen molar-refractivity contribution in [3.05, 3.63) is 136 Å². The number of aliphatic hydroxyl groups is 2. The number of benzene rings is 3. The fourth-order valence-corrected chi connectivity index (χ4v) is 12.7. The molecule has 8 rings (SSSR count). The summed E-state index contributed by atoms with van der Waals surface area (Å²) in [7, 11) is 1.46. The summed E-state index contributed by atoms with van der Waals surface area (Å²) in [5.74, 6) is 2.56. The third-order valence-corrected chi connectivity index (χ3v) is 16.1. The van der Waals surface area contributed by atoms with Gasteiger partial charge >= 0.3 is 0 Å². The number of ether oxygens (including phenoxy) is 1. The lowest BCUT2D eigenvalue weighted by atomic mass is 9.57. The number of pyridine rings is 1. The number of piperidine rings is 1. The Labute approximate surface area is 415 Å². The first-order valence-electron chi connectivity index (χ1n) is 26.1. The number of Topliss-reactive ketones (excluding diaryl/α,β-unsaturated/α-hetero) is 1. The number of carbonyl (C=O) groups is 2. The smallest absolute Gasteiger partial charge is 0.163 e. The summed E-state index contributed by atoms with van der Waals surface area (Å²) in [5, 5.41) is 43.2. The molecule has 3 aromatic carbocycles. The number of aliphatic hydroxyl groups excluding tert-OH is 2. The van der Waals surface area contributed by atoms with Crippen LogP contribution in [-0.4, -0.2) is 90.0 Å². The molecule has 8 unspecified atom stereocenters. The molecular formula is C59H77N5O6. The van der Waals surface area contributed by atoms with Gasteiger partial charge in [-0.25, -0.2) is 4.98 Å². The van der Waals surface area contributed by atoms with Crippen molar-refractivity contribution in [2.24, 2.45) is 29.1 Å². The van der Waals surface area contributed by atoms with Gasteiger partial charge in [0.15, 0.2) is 17.3 Å². The second-order valence-electron chi connectivity index (χ2n) is 21.1. The number of hydrogen-bond donors (Lipinski definition) is 7. The lowest BCUT2D eigenvalue weighted by Gasteiger charge is -2.52. The average Bonchev–Trinajstić information content (AvgIpc) is 3.77. The van der Waals surface area contributed by atoms with Crippen molar-refractivity contribution >= 4 is 23.0 Å². The predicted molar refractivity (Wildman–Crippen MR) is 279 cm³/mol. The predicted octanol–water partition coefficient (Wildman–Crippen LogP) is 7.90. The Hall–Kier alpha value is -5.17. The highest BCUT2D eigenvalue weighted by Gasteiger charge is 2.49. The van der Waals surface area contributed by atoms with Crippen molar-refractivity contribution in [3.8, 4) is 11.5 Å². The van der Waals surface area contributed by atoms with Crippen LogP contribution < -0.4 is 26.4 Å². The van der Waals surface area contributed by atoms with E-state index in [-0.39, 0.29) is 34.9 Å². The number of anilines is 1. The van der Waals surface area contributed by atoms with Gasteiger partial charge < -0.3 is 41.7 Å². The Bertz CT molecular complexity index is 2450. The zero-order valence-electron chi connectivity index (χ0n) is 41.5. The van der Waals surface area contributed by atoms with Crippen LogP contribution in [0.4, 0.5) is 5.82 Å². The number of hydrogen-bond acceptors (Lipinski definition) is 11. The van der Waals surface area contributed by atoms with E-state index >= 15 is 0 Å². The Morgan fingerprint density at radius 2 is 1.77 bits per heavy atom. The molecule has 3 heterocycles. The molecule has 4 aliphatic rings. The molecule has 2 aliphatic heterocycles. The highest BCUT2D eigenvalue weighted by Crippen LogP contribution is 2.53. The van der Waals surface area contributed by atoms with Gasteiger partial charge in [0, 0.05) is 37.8 Å². The highest BCUT2D eigenvalue weighted by atomic mass is 16.5. The monoisotopic (exact) mass is 952 g/mol. The molecule has 1 aromatic heterocycles. The number of nitrogens with one attached hydrogen (secondary N) is 3. The van der Waals surface area contributed by atoms with Crippen molar-refractivity contribution in [2.75, 3.05) is 45.6 Å². The summed E-state index contributed by atoms with van der Waals surface area (Å²) in [4.78, 5) is 31.9. The standard InChI is InChI=1S/C59H77N5O6/c1-39(66)35-63-49-19-22-59(33-49,34-54-52-20-24-61-36-47(52)26-44-13-8-23-62-58(44)54)21-7-14-50(67)31-51(68)28-48(38-65)53-32-56(70-2)55(69)29-45(53)27-46-37-64-57(60)30-43(46)18-17-42-12-6-11-41(25-42)16-15-40-9-4-3-5-10-40/h3-6,8-13,25,28-30,32,37,39,44,47,49,52,54,58,61-63,65-66,69H,7,14-24,26-27,31,33-36,38H2,1-2H3,(H2,60,64). The van der Waals surface area contributed by atoms with Gasteiger partial charge in [0.25, 0.3) is 0 Å². The Morgan fingerprint density at radius 1 is 0.986 bits per heavy atom. The van der Waals surface area contributed by atoms with E-state index < -0.39 is 12.7 Å². The normalized spacial score (nSPS) is 24.7. The molecule has 8 atom stereocenters. The Balaban J connectivity index is 0.932. The van der Waals surface area contributed by atoms with Crippen molar-refractivity contribution in [1.29, 1.82) is 0 Å². The topological polar surface area (TPSA) is 179 Å². The van der Waals surface area contributed by atoms with E-state index in [4.69, 9.17) is 10.5 Å². The molecule has 4 aromatic rings. The van der Waals surface area contributed by atoms with Gasteiger partial charge in [-0.15, -0.1) is 0 Å². The van der Waals surface area contributed by atoms with E-state index in [2.05, 4.69) is 81.6 Å². The molecule has 11 nitrogen and oxygen atoms in total. The fourth-order valence-electron chi connectivity index (χ4n) is 12.7. The Morgan fingerprint density at radius 3 is 2.56 bits per heavy atom. The van der Waals surface area contributed by atoms with Gasteiger partial charge in [-0.05, 0) is 201 Å². The fraction of sp³-hybridized carbons (Fsp3) is 0.508. The molecular weight excluding hydrogens is 875 g/mol. The van der Waals surface area contributed by atoms with E-state index in [9.17, 15) is 24.9 Å². The SMILES string of the molecule is COc1cc(C(=CC(=O)CC(=O)CCCC2(CC3C4CCNCC4CC4C=CCNC43)CCC(NCC(C)O)C2)CO)c(Cc2cnc(N)cc2CCc2cccc(CCc3ccccc3)c2)cc1O. The number of fused-ring (bicyclic) bond motifs is 2. The largest absolute Gasteiger partial charge is 0.504 e. The van der Waals surface area contributed by atoms with Crippen molar-refractivity contribution < 1.29 is 29.6 Å². The summed E-state index contributed by atoms with van der Waals surface area (Å²) in [6, 6.07) is 25.2. The maximum absolute atomic E-state index is 13.8. The van der Waals surface area contributed by atoms with E-state index in [0.29, 0.717) is 90.5 Å². The zero-order chi connectivity index (χ0) is 49.0. The van der Waals surface area contributed by atoms with Crippen LogP contribution in [0, 0.1) is 29.1 Å². The molecule has 11 heteroatoms. The van der Waals surface area contributed by atoms with Crippen LogP contribution in [0.15, 0.2) is 97.2 Å². The minimum atomic E-state index is -0.452.